The van der Waals surface area contributed by atoms with Crippen LogP contribution in [-0.4, -0.2) is 42.6 Å². The molecule has 0 aromatic rings. The van der Waals surface area contributed by atoms with Crippen molar-refractivity contribution in [1.82, 2.24) is 4.90 Å². The van der Waals surface area contributed by atoms with E-state index in [4.69, 9.17) is 5.73 Å². The van der Waals surface area contributed by atoms with Gasteiger partial charge in [-0.15, -0.1) is 0 Å². The molecule has 0 aromatic carbocycles. The fourth-order valence-electron chi connectivity index (χ4n) is 3.21. The lowest BCUT2D eigenvalue weighted by atomic mass is 9.90. The van der Waals surface area contributed by atoms with E-state index in [9.17, 15) is 0 Å². The van der Waals surface area contributed by atoms with Crippen LogP contribution < -0.4 is 5.73 Å². The normalized spacial score (nSPS) is 21.8. The summed E-state index contributed by atoms with van der Waals surface area (Å²) < 4.78 is 0. The van der Waals surface area contributed by atoms with Gasteiger partial charge in [-0.2, -0.15) is 11.8 Å². The van der Waals surface area contributed by atoms with Crippen molar-refractivity contribution >= 4 is 11.8 Å². The zero-order valence-electron chi connectivity index (χ0n) is 12.5. The Bertz CT molecular complexity index is 203. The molecule has 1 saturated carbocycles. The third kappa shape index (κ3) is 5.10. The van der Waals surface area contributed by atoms with E-state index in [2.05, 4.69) is 25.1 Å². The standard InChI is InChI=1S/C15H32N2S/c1-13(10-11-18-3)17(2)15(12-16)14-8-6-4-5-7-9-14/h13-15H,4-12,16H2,1-3H3. The minimum absolute atomic E-state index is 0.597. The lowest BCUT2D eigenvalue weighted by Gasteiger charge is -2.37. The lowest BCUT2D eigenvalue weighted by molar-refractivity contribution is 0.125. The summed E-state index contributed by atoms with van der Waals surface area (Å²) in [6.45, 7) is 3.18. The molecule has 1 aliphatic rings. The van der Waals surface area contributed by atoms with Crippen molar-refractivity contribution in [2.45, 2.75) is 64.0 Å². The molecule has 0 aliphatic heterocycles. The van der Waals surface area contributed by atoms with Gasteiger partial charge in [-0.05, 0) is 51.2 Å². The van der Waals surface area contributed by atoms with Crippen molar-refractivity contribution in [2.24, 2.45) is 11.7 Å². The molecule has 2 atom stereocenters. The summed E-state index contributed by atoms with van der Waals surface area (Å²) in [5.41, 5.74) is 6.08. The van der Waals surface area contributed by atoms with Gasteiger partial charge in [0, 0.05) is 18.6 Å². The maximum absolute atomic E-state index is 6.08. The molecule has 1 aliphatic carbocycles. The number of hydrogen-bond donors (Lipinski definition) is 1. The Labute approximate surface area is 118 Å². The second-order valence-corrected chi connectivity index (χ2v) is 6.84. The highest BCUT2D eigenvalue weighted by atomic mass is 32.2. The first kappa shape index (κ1) is 16.3. The number of nitrogens with two attached hydrogens (primary N) is 1. The molecule has 1 fully saturated rings. The predicted molar refractivity (Wildman–Crippen MR) is 84.3 cm³/mol. The number of hydrogen-bond acceptors (Lipinski definition) is 3. The second-order valence-electron chi connectivity index (χ2n) is 5.85. The Morgan fingerprint density at radius 1 is 1.22 bits per heavy atom. The van der Waals surface area contributed by atoms with Crippen molar-refractivity contribution < 1.29 is 0 Å². The Kier molecular flexibility index (Phi) is 8.36. The van der Waals surface area contributed by atoms with Crippen LogP contribution in [-0.2, 0) is 0 Å². The first-order chi connectivity index (χ1) is 8.70. The molecular formula is C15H32N2S. The molecule has 0 spiro atoms. The molecule has 18 heavy (non-hydrogen) atoms. The lowest BCUT2D eigenvalue weighted by Crippen LogP contribution is -2.47. The minimum Gasteiger partial charge on any atom is -0.329 e. The van der Waals surface area contributed by atoms with Crippen molar-refractivity contribution in [1.29, 1.82) is 0 Å². The molecule has 3 heteroatoms. The molecule has 0 radical (unpaired) electrons. The first-order valence-corrected chi connectivity index (χ1v) is 9.01. The van der Waals surface area contributed by atoms with E-state index < -0.39 is 0 Å². The largest absolute Gasteiger partial charge is 0.329 e. The minimum atomic E-state index is 0.597. The number of rotatable bonds is 7. The van der Waals surface area contributed by atoms with Gasteiger partial charge in [0.1, 0.15) is 0 Å². The van der Waals surface area contributed by atoms with E-state index >= 15 is 0 Å². The molecule has 0 amide bonds. The molecule has 0 bridgehead atoms. The summed E-state index contributed by atoms with van der Waals surface area (Å²) in [6, 6.07) is 1.26. The van der Waals surface area contributed by atoms with Crippen LogP contribution >= 0.6 is 11.8 Å². The van der Waals surface area contributed by atoms with Gasteiger partial charge >= 0.3 is 0 Å². The van der Waals surface area contributed by atoms with E-state index in [-0.39, 0.29) is 0 Å². The quantitative estimate of drug-likeness (QED) is 0.721. The van der Waals surface area contributed by atoms with E-state index in [1.165, 1.54) is 50.7 Å². The van der Waals surface area contributed by atoms with Gasteiger partial charge in [0.05, 0.1) is 0 Å². The first-order valence-electron chi connectivity index (χ1n) is 7.61. The van der Waals surface area contributed by atoms with Gasteiger partial charge in [-0.25, -0.2) is 0 Å². The molecule has 2 N–H and O–H groups in total. The van der Waals surface area contributed by atoms with Crippen LogP contribution in [0.3, 0.4) is 0 Å². The van der Waals surface area contributed by atoms with E-state index in [1.807, 2.05) is 11.8 Å². The van der Waals surface area contributed by atoms with Crippen molar-refractivity contribution in [3.8, 4) is 0 Å². The van der Waals surface area contributed by atoms with Crippen LogP contribution in [0.2, 0.25) is 0 Å². The molecular weight excluding hydrogens is 240 g/mol. The molecule has 0 saturated heterocycles. The summed E-state index contributed by atoms with van der Waals surface area (Å²) in [6.07, 6.45) is 11.9. The van der Waals surface area contributed by atoms with Gasteiger partial charge in [0.15, 0.2) is 0 Å². The second kappa shape index (κ2) is 9.22. The zero-order valence-corrected chi connectivity index (χ0v) is 13.3. The van der Waals surface area contributed by atoms with Crippen molar-refractivity contribution in [3.63, 3.8) is 0 Å². The number of thioether (sulfide) groups is 1. The van der Waals surface area contributed by atoms with Crippen LogP contribution in [0.1, 0.15) is 51.9 Å². The Hall–Kier alpha value is 0.270. The zero-order chi connectivity index (χ0) is 13.4. The fourth-order valence-corrected chi connectivity index (χ4v) is 3.78. The molecule has 0 aromatic heterocycles. The topological polar surface area (TPSA) is 29.3 Å². The van der Waals surface area contributed by atoms with Gasteiger partial charge < -0.3 is 5.73 Å². The van der Waals surface area contributed by atoms with Crippen molar-refractivity contribution in [3.05, 3.63) is 0 Å². The van der Waals surface area contributed by atoms with Gasteiger partial charge in [-0.1, -0.05) is 25.7 Å². The molecule has 108 valence electrons. The number of likely N-dealkylation sites (N-methyl/N-ethyl adjacent to an activating group) is 1. The maximum atomic E-state index is 6.08. The third-order valence-corrected chi connectivity index (χ3v) is 5.29. The highest BCUT2D eigenvalue weighted by Gasteiger charge is 2.27. The van der Waals surface area contributed by atoms with Crippen molar-refractivity contribution in [2.75, 3.05) is 25.6 Å². The summed E-state index contributed by atoms with van der Waals surface area (Å²) in [4.78, 5) is 2.56. The average molecular weight is 273 g/mol. The monoisotopic (exact) mass is 272 g/mol. The van der Waals surface area contributed by atoms with Crippen LogP contribution in [0, 0.1) is 5.92 Å². The summed E-state index contributed by atoms with van der Waals surface area (Å²) in [7, 11) is 2.29. The highest BCUT2D eigenvalue weighted by Crippen LogP contribution is 2.28. The fraction of sp³-hybridized carbons (Fsp3) is 1.00. The molecule has 1 rings (SSSR count). The maximum Gasteiger partial charge on any atom is 0.0246 e. The molecule has 2 unspecified atom stereocenters. The Morgan fingerprint density at radius 3 is 2.33 bits per heavy atom. The molecule has 0 heterocycles. The van der Waals surface area contributed by atoms with Crippen LogP contribution in [0.5, 0.6) is 0 Å². The number of nitrogens with zero attached hydrogens (tertiary/aromatic N) is 1. The predicted octanol–water partition coefficient (Wildman–Crippen LogP) is 3.36. The smallest absolute Gasteiger partial charge is 0.0246 e. The summed E-state index contributed by atoms with van der Waals surface area (Å²) >= 11 is 1.95. The summed E-state index contributed by atoms with van der Waals surface area (Å²) in [5.74, 6) is 2.09. The summed E-state index contributed by atoms with van der Waals surface area (Å²) in [5, 5.41) is 0. The van der Waals surface area contributed by atoms with E-state index in [1.54, 1.807) is 0 Å². The van der Waals surface area contributed by atoms with Gasteiger partial charge in [0.25, 0.3) is 0 Å². The van der Waals surface area contributed by atoms with E-state index in [0.29, 0.717) is 12.1 Å². The molecule has 2 nitrogen and oxygen atoms in total. The van der Waals surface area contributed by atoms with Gasteiger partial charge in [0.2, 0.25) is 0 Å². The van der Waals surface area contributed by atoms with Gasteiger partial charge in [-0.3, -0.25) is 4.90 Å². The van der Waals surface area contributed by atoms with E-state index in [0.717, 1.165) is 12.5 Å². The van der Waals surface area contributed by atoms with Crippen LogP contribution in [0.4, 0.5) is 0 Å². The highest BCUT2D eigenvalue weighted by molar-refractivity contribution is 7.98. The Balaban J connectivity index is 2.51. The SMILES string of the molecule is CSCCC(C)N(C)C(CN)C1CCCCCC1. The van der Waals surface area contributed by atoms with Crippen LogP contribution in [0.15, 0.2) is 0 Å². The third-order valence-electron chi connectivity index (χ3n) is 4.64. The van der Waals surface area contributed by atoms with Crippen LogP contribution in [0.25, 0.3) is 0 Å². The average Bonchev–Trinajstić information content (AvgIpc) is 2.65. The Morgan fingerprint density at radius 2 is 1.83 bits per heavy atom.